The van der Waals surface area contributed by atoms with Gasteiger partial charge in [0.05, 0.1) is 11.1 Å². The lowest BCUT2D eigenvalue weighted by molar-refractivity contribution is 0.338. The molecule has 1 atom stereocenters. The molecule has 2 aromatic rings. The first-order valence-corrected chi connectivity index (χ1v) is 7.35. The van der Waals surface area contributed by atoms with Crippen LogP contribution in [0.4, 0.5) is 0 Å². The molecule has 0 spiro atoms. The molecule has 0 bridgehead atoms. The lowest BCUT2D eigenvalue weighted by Crippen LogP contribution is -2.04. The van der Waals surface area contributed by atoms with Crippen molar-refractivity contribution in [2.45, 2.75) is 19.9 Å². The van der Waals surface area contributed by atoms with E-state index in [-0.39, 0.29) is 6.04 Å². The zero-order chi connectivity index (χ0) is 14.5. The summed E-state index contributed by atoms with van der Waals surface area (Å²) in [7, 11) is 0. The van der Waals surface area contributed by atoms with Gasteiger partial charge in [0.25, 0.3) is 0 Å². The number of halogens is 1. The van der Waals surface area contributed by atoms with E-state index in [1.807, 2.05) is 56.3 Å². The Kier molecular flexibility index (Phi) is 5.04. The number of benzene rings is 2. The van der Waals surface area contributed by atoms with Crippen LogP contribution < -0.4 is 15.2 Å². The van der Waals surface area contributed by atoms with Gasteiger partial charge in [0.2, 0.25) is 0 Å². The molecule has 2 aromatic carbocycles. The summed E-state index contributed by atoms with van der Waals surface area (Å²) in [4.78, 5) is 0. The Morgan fingerprint density at radius 3 is 2.55 bits per heavy atom. The van der Waals surface area contributed by atoms with Crippen molar-refractivity contribution in [1.29, 1.82) is 0 Å². The molecular formula is C16H18BrNO2. The van der Waals surface area contributed by atoms with E-state index in [0.717, 1.165) is 27.3 Å². The average Bonchev–Trinajstić information content (AvgIpc) is 2.42. The molecule has 106 valence electrons. The van der Waals surface area contributed by atoms with Gasteiger partial charge >= 0.3 is 0 Å². The maximum atomic E-state index is 5.86. The summed E-state index contributed by atoms with van der Waals surface area (Å²) in [5.74, 6) is 2.29. The second-order valence-electron chi connectivity index (χ2n) is 4.49. The molecule has 0 aliphatic rings. The molecule has 2 N–H and O–H groups in total. The Bertz CT molecular complexity index is 584. The van der Waals surface area contributed by atoms with Gasteiger partial charge in [-0.15, -0.1) is 0 Å². The number of hydrogen-bond donors (Lipinski definition) is 1. The van der Waals surface area contributed by atoms with Crippen LogP contribution in [-0.2, 0) is 0 Å². The third-order valence-electron chi connectivity index (χ3n) is 2.83. The Balaban J connectivity index is 2.19. The van der Waals surface area contributed by atoms with Crippen LogP contribution in [0.25, 0.3) is 0 Å². The smallest absolute Gasteiger partial charge is 0.141 e. The first-order chi connectivity index (χ1) is 9.60. The van der Waals surface area contributed by atoms with Crippen LogP contribution in [0.3, 0.4) is 0 Å². The molecule has 0 fully saturated rings. The summed E-state index contributed by atoms with van der Waals surface area (Å²) >= 11 is 3.51. The van der Waals surface area contributed by atoms with E-state index in [2.05, 4.69) is 15.9 Å². The van der Waals surface area contributed by atoms with Crippen molar-refractivity contribution in [2.75, 3.05) is 6.61 Å². The second kappa shape index (κ2) is 6.77. The van der Waals surface area contributed by atoms with Gasteiger partial charge in [-0.25, -0.2) is 0 Å². The number of nitrogens with two attached hydrogens (primary N) is 1. The topological polar surface area (TPSA) is 44.5 Å². The fourth-order valence-corrected chi connectivity index (χ4v) is 2.28. The van der Waals surface area contributed by atoms with Crippen LogP contribution in [0.2, 0.25) is 0 Å². The van der Waals surface area contributed by atoms with Crippen molar-refractivity contribution >= 4 is 15.9 Å². The minimum Gasteiger partial charge on any atom is -0.494 e. The molecule has 0 aliphatic heterocycles. The van der Waals surface area contributed by atoms with Crippen LogP contribution in [0, 0.1) is 0 Å². The Morgan fingerprint density at radius 2 is 1.90 bits per heavy atom. The molecule has 0 heterocycles. The number of hydrogen-bond acceptors (Lipinski definition) is 3. The summed E-state index contributed by atoms with van der Waals surface area (Å²) < 4.78 is 12.2. The summed E-state index contributed by atoms with van der Waals surface area (Å²) in [5, 5.41) is 0. The van der Waals surface area contributed by atoms with E-state index in [1.165, 1.54) is 0 Å². The molecule has 3 nitrogen and oxygen atoms in total. The molecule has 0 saturated heterocycles. The number of ether oxygens (including phenoxy) is 2. The van der Waals surface area contributed by atoms with Gasteiger partial charge in [-0.05, 0) is 59.6 Å². The third kappa shape index (κ3) is 3.74. The normalized spacial score (nSPS) is 12.0. The molecule has 0 amide bonds. The maximum Gasteiger partial charge on any atom is 0.141 e. The fourth-order valence-electron chi connectivity index (χ4n) is 1.80. The van der Waals surface area contributed by atoms with Gasteiger partial charge in [0.15, 0.2) is 0 Å². The van der Waals surface area contributed by atoms with Crippen LogP contribution in [0.15, 0.2) is 46.9 Å². The van der Waals surface area contributed by atoms with E-state index < -0.39 is 0 Å². The van der Waals surface area contributed by atoms with Crippen molar-refractivity contribution in [3.05, 3.63) is 52.5 Å². The molecule has 20 heavy (non-hydrogen) atoms. The third-order valence-corrected chi connectivity index (χ3v) is 3.45. The maximum absolute atomic E-state index is 5.86. The highest BCUT2D eigenvalue weighted by Crippen LogP contribution is 2.32. The first-order valence-electron chi connectivity index (χ1n) is 6.56. The Labute approximate surface area is 127 Å². The van der Waals surface area contributed by atoms with E-state index in [4.69, 9.17) is 15.2 Å². The largest absolute Gasteiger partial charge is 0.494 e. The minimum atomic E-state index is 0.00151. The predicted molar refractivity (Wildman–Crippen MR) is 84.4 cm³/mol. The quantitative estimate of drug-likeness (QED) is 0.864. The first kappa shape index (κ1) is 14.9. The second-order valence-corrected chi connectivity index (χ2v) is 5.34. The van der Waals surface area contributed by atoms with E-state index >= 15 is 0 Å². The van der Waals surface area contributed by atoms with Crippen LogP contribution in [0.5, 0.6) is 17.2 Å². The zero-order valence-electron chi connectivity index (χ0n) is 11.6. The molecule has 0 aliphatic carbocycles. The van der Waals surface area contributed by atoms with E-state index in [9.17, 15) is 0 Å². The highest BCUT2D eigenvalue weighted by Gasteiger charge is 2.07. The van der Waals surface area contributed by atoms with Gasteiger partial charge < -0.3 is 15.2 Å². The van der Waals surface area contributed by atoms with Crippen molar-refractivity contribution in [3.63, 3.8) is 0 Å². The van der Waals surface area contributed by atoms with Crippen LogP contribution in [-0.4, -0.2) is 6.61 Å². The van der Waals surface area contributed by atoms with Gasteiger partial charge in [-0.1, -0.05) is 12.1 Å². The van der Waals surface area contributed by atoms with E-state index in [0.29, 0.717) is 6.61 Å². The van der Waals surface area contributed by atoms with Crippen molar-refractivity contribution in [2.24, 2.45) is 5.73 Å². The SMILES string of the molecule is CCOc1cccc(Oc2ccc(C(C)N)cc2Br)c1. The highest BCUT2D eigenvalue weighted by atomic mass is 79.9. The molecule has 0 aromatic heterocycles. The van der Waals surface area contributed by atoms with Crippen molar-refractivity contribution < 1.29 is 9.47 Å². The lowest BCUT2D eigenvalue weighted by Gasteiger charge is -2.12. The minimum absolute atomic E-state index is 0.00151. The van der Waals surface area contributed by atoms with E-state index in [1.54, 1.807) is 0 Å². The fraction of sp³-hybridized carbons (Fsp3) is 0.250. The predicted octanol–water partition coefficient (Wildman–Crippen LogP) is 4.66. The Morgan fingerprint density at radius 1 is 1.15 bits per heavy atom. The van der Waals surface area contributed by atoms with Gasteiger partial charge in [0, 0.05) is 12.1 Å². The average molecular weight is 336 g/mol. The van der Waals surface area contributed by atoms with Crippen molar-refractivity contribution in [3.8, 4) is 17.2 Å². The summed E-state index contributed by atoms with van der Waals surface area (Å²) in [6, 6.07) is 13.4. The van der Waals surface area contributed by atoms with Gasteiger partial charge in [-0.2, -0.15) is 0 Å². The number of rotatable bonds is 5. The van der Waals surface area contributed by atoms with Crippen molar-refractivity contribution in [1.82, 2.24) is 0 Å². The van der Waals surface area contributed by atoms with Gasteiger partial charge in [-0.3, -0.25) is 0 Å². The molecule has 4 heteroatoms. The monoisotopic (exact) mass is 335 g/mol. The molecular weight excluding hydrogens is 318 g/mol. The molecule has 0 saturated carbocycles. The Hall–Kier alpha value is -1.52. The highest BCUT2D eigenvalue weighted by molar-refractivity contribution is 9.10. The zero-order valence-corrected chi connectivity index (χ0v) is 13.2. The van der Waals surface area contributed by atoms with Gasteiger partial charge in [0.1, 0.15) is 17.2 Å². The van der Waals surface area contributed by atoms with Crippen LogP contribution >= 0.6 is 15.9 Å². The van der Waals surface area contributed by atoms with Crippen LogP contribution in [0.1, 0.15) is 25.5 Å². The molecule has 1 unspecified atom stereocenters. The summed E-state index contributed by atoms with van der Waals surface area (Å²) in [6.45, 7) is 4.54. The summed E-state index contributed by atoms with van der Waals surface area (Å²) in [5.41, 5.74) is 6.92. The lowest BCUT2D eigenvalue weighted by atomic mass is 10.1. The standard InChI is InChI=1S/C16H18BrNO2/c1-3-19-13-5-4-6-14(10-13)20-16-8-7-12(11(2)18)9-15(16)17/h4-11H,3,18H2,1-2H3. The molecule has 0 radical (unpaired) electrons. The summed E-state index contributed by atoms with van der Waals surface area (Å²) in [6.07, 6.45) is 0. The molecule has 2 rings (SSSR count).